The maximum atomic E-state index is 10.9. The van der Waals surface area contributed by atoms with Gasteiger partial charge in [-0.15, -0.1) is 0 Å². The van der Waals surface area contributed by atoms with E-state index in [1.54, 1.807) is 0 Å². The Labute approximate surface area is 87.2 Å². The van der Waals surface area contributed by atoms with Crippen LogP contribution in [-0.2, 0) is 9.53 Å². The molecule has 0 unspecified atom stereocenters. The molecule has 0 amide bonds. The van der Waals surface area contributed by atoms with Crippen LogP contribution in [0.2, 0.25) is 0 Å². The van der Waals surface area contributed by atoms with Gasteiger partial charge < -0.3 is 10.1 Å². The number of hydrogen-bond donors (Lipinski definition) is 1. The SMILES string of the molecule is CCCCCCN[C@H](C)CC(=O)OC. The summed E-state index contributed by atoms with van der Waals surface area (Å²) in [5.41, 5.74) is 0. The maximum absolute atomic E-state index is 10.9. The summed E-state index contributed by atoms with van der Waals surface area (Å²) in [4.78, 5) is 10.9. The Hall–Kier alpha value is -0.570. The molecule has 0 aliphatic carbocycles. The lowest BCUT2D eigenvalue weighted by Crippen LogP contribution is -2.29. The number of carbonyl (C=O) groups excluding carboxylic acids is 1. The van der Waals surface area contributed by atoms with E-state index in [0.717, 1.165) is 6.54 Å². The van der Waals surface area contributed by atoms with Gasteiger partial charge in [-0.3, -0.25) is 4.79 Å². The van der Waals surface area contributed by atoms with Crippen LogP contribution in [0.15, 0.2) is 0 Å². The zero-order valence-electron chi connectivity index (χ0n) is 9.64. The summed E-state index contributed by atoms with van der Waals surface area (Å²) in [6, 6.07) is 0.226. The van der Waals surface area contributed by atoms with Crippen molar-refractivity contribution in [3.63, 3.8) is 0 Å². The van der Waals surface area contributed by atoms with E-state index in [2.05, 4.69) is 17.0 Å². The first-order valence-corrected chi connectivity index (χ1v) is 5.50. The Bertz CT molecular complexity index is 148. The van der Waals surface area contributed by atoms with E-state index >= 15 is 0 Å². The fourth-order valence-electron chi connectivity index (χ4n) is 1.31. The first kappa shape index (κ1) is 13.4. The highest BCUT2D eigenvalue weighted by atomic mass is 16.5. The third kappa shape index (κ3) is 8.05. The van der Waals surface area contributed by atoms with Gasteiger partial charge in [0.15, 0.2) is 0 Å². The summed E-state index contributed by atoms with van der Waals surface area (Å²) in [5.74, 6) is -0.140. The average molecular weight is 201 g/mol. The molecule has 84 valence electrons. The summed E-state index contributed by atoms with van der Waals surface area (Å²) in [7, 11) is 1.43. The van der Waals surface area contributed by atoms with Gasteiger partial charge in [-0.05, 0) is 19.9 Å². The third-order valence-electron chi connectivity index (χ3n) is 2.22. The lowest BCUT2D eigenvalue weighted by molar-refractivity contribution is -0.141. The normalized spacial score (nSPS) is 12.5. The summed E-state index contributed by atoms with van der Waals surface area (Å²) in [5, 5.41) is 3.31. The van der Waals surface area contributed by atoms with E-state index in [0.29, 0.717) is 6.42 Å². The van der Waals surface area contributed by atoms with Crippen molar-refractivity contribution in [2.24, 2.45) is 0 Å². The molecular formula is C11H23NO2. The largest absolute Gasteiger partial charge is 0.469 e. The molecule has 1 atom stereocenters. The highest BCUT2D eigenvalue weighted by Gasteiger charge is 2.07. The molecular weight excluding hydrogens is 178 g/mol. The van der Waals surface area contributed by atoms with Crippen LogP contribution in [0.25, 0.3) is 0 Å². The number of ether oxygens (including phenoxy) is 1. The van der Waals surface area contributed by atoms with E-state index in [1.807, 2.05) is 6.92 Å². The zero-order valence-corrected chi connectivity index (χ0v) is 9.64. The second-order valence-corrected chi connectivity index (χ2v) is 3.70. The first-order valence-electron chi connectivity index (χ1n) is 5.50. The molecule has 14 heavy (non-hydrogen) atoms. The van der Waals surface area contributed by atoms with Gasteiger partial charge in [0.05, 0.1) is 13.5 Å². The Morgan fingerprint density at radius 3 is 2.64 bits per heavy atom. The monoisotopic (exact) mass is 201 g/mol. The van der Waals surface area contributed by atoms with E-state index in [-0.39, 0.29) is 12.0 Å². The fourth-order valence-corrected chi connectivity index (χ4v) is 1.31. The Morgan fingerprint density at radius 2 is 2.07 bits per heavy atom. The van der Waals surface area contributed by atoms with Crippen molar-refractivity contribution in [2.45, 2.75) is 52.0 Å². The van der Waals surface area contributed by atoms with Crippen molar-refractivity contribution in [1.82, 2.24) is 5.32 Å². The number of hydrogen-bond acceptors (Lipinski definition) is 3. The van der Waals surface area contributed by atoms with E-state index in [4.69, 9.17) is 0 Å². The van der Waals surface area contributed by atoms with Gasteiger partial charge in [0.1, 0.15) is 0 Å². The smallest absolute Gasteiger partial charge is 0.307 e. The van der Waals surface area contributed by atoms with Crippen LogP contribution in [-0.4, -0.2) is 25.7 Å². The molecule has 0 aliphatic rings. The molecule has 0 saturated carbocycles. The number of esters is 1. The van der Waals surface area contributed by atoms with Crippen molar-refractivity contribution in [3.05, 3.63) is 0 Å². The predicted octanol–water partition coefficient (Wildman–Crippen LogP) is 2.11. The molecule has 0 aromatic carbocycles. The van der Waals surface area contributed by atoms with Crippen LogP contribution in [0.1, 0.15) is 46.0 Å². The van der Waals surface area contributed by atoms with Crippen LogP contribution < -0.4 is 5.32 Å². The van der Waals surface area contributed by atoms with Crippen LogP contribution in [0.4, 0.5) is 0 Å². The number of methoxy groups -OCH3 is 1. The highest BCUT2D eigenvalue weighted by Crippen LogP contribution is 1.98. The minimum atomic E-state index is -0.140. The molecule has 0 aliphatic heterocycles. The highest BCUT2D eigenvalue weighted by molar-refractivity contribution is 5.69. The van der Waals surface area contributed by atoms with Crippen LogP contribution >= 0.6 is 0 Å². The minimum absolute atomic E-state index is 0.140. The summed E-state index contributed by atoms with van der Waals surface area (Å²) in [6.45, 7) is 5.21. The summed E-state index contributed by atoms with van der Waals surface area (Å²) < 4.78 is 4.59. The Kier molecular flexibility index (Phi) is 8.64. The minimum Gasteiger partial charge on any atom is -0.469 e. The lowest BCUT2D eigenvalue weighted by atomic mass is 10.2. The molecule has 1 N–H and O–H groups in total. The number of nitrogens with one attached hydrogen (secondary N) is 1. The fraction of sp³-hybridized carbons (Fsp3) is 0.909. The Morgan fingerprint density at radius 1 is 1.36 bits per heavy atom. The van der Waals surface area contributed by atoms with E-state index < -0.39 is 0 Å². The molecule has 0 bridgehead atoms. The van der Waals surface area contributed by atoms with Crippen molar-refractivity contribution in [1.29, 1.82) is 0 Å². The standard InChI is InChI=1S/C11H23NO2/c1-4-5-6-7-8-12-10(2)9-11(13)14-3/h10,12H,4-9H2,1-3H3/t10-/m1/s1. The van der Waals surface area contributed by atoms with Crippen molar-refractivity contribution < 1.29 is 9.53 Å². The molecule has 0 spiro atoms. The van der Waals surface area contributed by atoms with Crippen molar-refractivity contribution in [3.8, 4) is 0 Å². The maximum Gasteiger partial charge on any atom is 0.307 e. The van der Waals surface area contributed by atoms with E-state index in [1.165, 1.54) is 32.8 Å². The van der Waals surface area contributed by atoms with Gasteiger partial charge in [-0.1, -0.05) is 26.2 Å². The molecule has 0 saturated heterocycles. The number of rotatable bonds is 8. The van der Waals surface area contributed by atoms with Gasteiger partial charge in [0.2, 0.25) is 0 Å². The average Bonchev–Trinajstić information content (AvgIpc) is 2.17. The summed E-state index contributed by atoms with van der Waals surface area (Å²) >= 11 is 0. The molecule has 0 rings (SSSR count). The second-order valence-electron chi connectivity index (χ2n) is 3.70. The molecule has 0 aromatic heterocycles. The Balaban J connectivity index is 3.26. The van der Waals surface area contributed by atoms with Gasteiger partial charge in [-0.2, -0.15) is 0 Å². The molecule has 0 heterocycles. The zero-order chi connectivity index (χ0) is 10.8. The second kappa shape index (κ2) is 9.00. The van der Waals surface area contributed by atoms with Gasteiger partial charge >= 0.3 is 5.97 Å². The molecule has 0 radical (unpaired) electrons. The molecule has 0 aromatic rings. The van der Waals surface area contributed by atoms with Gasteiger partial charge in [-0.25, -0.2) is 0 Å². The third-order valence-corrected chi connectivity index (χ3v) is 2.22. The predicted molar refractivity (Wildman–Crippen MR) is 58.2 cm³/mol. The quantitative estimate of drug-likeness (QED) is 0.483. The molecule has 3 nitrogen and oxygen atoms in total. The lowest BCUT2D eigenvalue weighted by Gasteiger charge is -2.11. The van der Waals surface area contributed by atoms with Crippen molar-refractivity contribution in [2.75, 3.05) is 13.7 Å². The first-order chi connectivity index (χ1) is 6.70. The molecule has 3 heteroatoms. The van der Waals surface area contributed by atoms with Crippen LogP contribution in [0.5, 0.6) is 0 Å². The van der Waals surface area contributed by atoms with Crippen LogP contribution in [0.3, 0.4) is 0 Å². The molecule has 0 fully saturated rings. The summed E-state index contributed by atoms with van der Waals surface area (Å²) in [6.07, 6.45) is 5.49. The van der Waals surface area contributed by atoms with Gasteiger partial charge in [0, 0.05) is 6.04 Å². The van der Waals surface area contributed by atoms with Crippen molar-refractivity contribution >= 4 is 5.97 Å². The van der Waals surface area contributed by atoms with Gasteiger partial charge in [0.25, 0.3) is 0 Å². The van der Waals surface area contributed by atoms with E-state index in [9.17, 15) is 4.79 Å². The number of unbranched alkanes of at least 4 members (excludes halogenated alkanes) is 3. The topological polar surface area (TPSA) is 38.3 Å². The number of carbonyl (C=O) groups is 1. The van der Waals surface area contributed by atoms with Crippen LogP contribution in [0, 0.1) is 0 Å².